The number of nitrogens with zero attached hydrogens (tertiary/aromatic N) is 2. The number of hydrogen-bond donors (Lipinski definition) is 1. The van der Waals surface area contributed by atoms with E-state index < -0.39 is 0 Å². The van der Waals surface area contributed by atoms with E-state index in [1.807, 2.05) is 29.2 Å². The highest BCUT2D eigenvalue weighted by Gasteiger charge is 2.25. The van der Waals surface area contributed by atoms with Crippen LogP contribution in [0.3, 0.4) is 0 Å². The quantitative estimate of drug-likeness (QED) is 0.906. The maximum absolute atomic E-state index is 13.3. The summed E-state index contributed by atoms with van der Waals surface area (Å²) in [5.41, 5.74) is 3.43. The molecule has 0 spiro atoms. The Hall–Kier alpha value is -2.67. The molecule has 2 aromatic carbocycles. The van der Waals surface area contributed by atoms with Crippen LogP contribution in [0.15, 0.2) is 42.5 Å². The fourth-order valence-electron chi connectivity index (χ4n) is 2.41. The largest absolute Gasteiger partial charge is 0.322 e. The van der Waals surface area contributed by atoms with Gasteiger partial charge in [0.05, 0.1) is 19.0 Å². The van der Waals surface area contributed by atoms with E-state index in [0.29, 0.717) is 24.4 Å². The van der Waals surface area contributed by atoms with Crippen molar-refractivity contribution < 1.29 is 4.39 Å². The predicted molar refractivity (Wildman–Crippen MR) is 75.2 cm³/mol. The third-order valence-electron chi connectivity index (χ3n) is 3.46. The van der Waals surface area contributed by atoms with Crippen molar-refractivity contribution >= 4 is 11.5 Å². The minimum Gasteiger partial charge on any atom is -0.322 e. The summed E-state index contributed by atoms with van der Waals surface area (Å²) in [7, 11) is 0. The van der Waals surface area contributed by atoms with Crippen molar-refractivity contribution in [2.75, 3.05) is 4.90 Å². The summed E-state index contributed by atoms with van der Waals surface area (Å²) in [4.78, 5) is 1.83. The highest BCUT2D eigenvalue weighted by Crippen LogP contribution is 2.28. The van der Waals surface area contributed by atoms with Crippen molar-refractivity contribution in [2.45, 2.75) is 13.0 Å². The van der Waals surface area contributed by atoms with Crippen molar-refractivity contribution in [3.63, 3.8) is 0 Å². The lowest BCUT2D eigenvalue weighted by atomic mass is 10.1. The van der Waals surface area contributed by atoms with Crippen molar-refractivity contribution in [3.8, 4) is 6.07 Å². The Morgan fingerprint density at radius 1 is 1.20 bits per heavy atom. The SMILES string of the molecule is N#CCc1ccc(N2Cc3ccc(F)cc3C2=N)cc1. The monoisotopic (exact) mass is 265 g/mol. The zero-order valence-corrected chi connectivity index (χ0v) is 10.7. The third kappa shape index (κ3) is 2.04. The van der Waals surface area contributed by atoms with Gasteiger partial charge in [0, 0.05) is 11.3 Å². The van der Waals surface area contributed by atoms with Crippen LogP contribution in [0.5, 0.6) is 0 Å². The molecule has 98 valence electrons. The highest BCUT2D eigenvalue weighted by atomic mass is 19.1. The van der Waals surface area contributed by atoms with Gasteiger partial charge in [0.25, 0.3) is 0 Å². The predicted octanol–water partition coefficient (Wildman–Crippen LogP) is 3.24. The molecule has 0 radical (unpaired) electrons. The molecule has 0 fully saturated rings. The van der Waals surface area contributed by atoms with Crippen LogP contribution < -0.4 is 4.90 Å². The number of nitrogens with one attached hydrogen (secondary N) is 1. The fraction of sp³-hybridized carbons (Fsp3) is 0.125. The molecule has 0 amide bonds. The molecule has 2 aromatic rings. The number of hydrogen-bond acceptors (Lipinski definition) is 2. The Balaban J connectivity index is 1.90. The summed E-state index contributed by atoms with van der Waals surface area (Å²) in [6, 6.07) is 14.2. The number of amidine groups is 1. The van der Waals surface area contributed by atoms with E-state index >= 15 is 0 Å². The third-order valence-corrected chi connectivity index (χ3v) is 3.46. The lowest BCUT2D eigenvalue weighted by Gasteiger charge is -2.18. The van der Waals surface area contributed by atoms with E-state index in [4.69, 9.17) is 10.7 Å². The summed E-state index contributed by atoms with van der Waals surface area (Å²) < 4.78 is 13.3. The molecule has 3 nitrogen and oxygen atoms in total. The maximum atomic E-state index is 13.3. The van der Waals surface area contributed by atoms with Crippen molar-refractivity contribution in [1.82, 2.24) is 0 Å². The van der Waals surface area contributed by atoms with Gasteiger partial charge in [-0.05, 0) is 35.4 Å². The second-order valence-corrected chi connectivity index (χ2v) is 4.74. The normalized spacial score (nSPS) is 13.2. The van der Waals surface area contributed by atoms with E-state index in [-0.39, 0.29) is 5.82 Å². The topological polar surface area (TPSA) is 50.9 Å². The van der Waals surface area contributed by atoms with Gasteiger partial charge in [0.1, 0.15) is 11.7 Å². The molecular formula is C16H12FN3. The van der Waals surface area contributed by atoms with Crippen LogP contribution in [0.1, 0.15) is 16.7 Å². The van der Waals surface area contributed by atoms with Gasteiger partial charge < -0.3 is 4.90 Å². The molecule has 0 atom stereocenters. The molecule has 1 heterocycles. The molecule has 1 N–H and O–H groups in total. The first-order chi connectivity index (χ1) is 9.69. The lowest BCUT2D eigenvalue weighted by Crippen LogP contribution is -2.22. The summed E-state index contributed by atoms with van der Waals surface area (Å²) in [5.74, 6) is -0.00717. The van der Waals surface area contributed by atoms with Gasteiger partial charge in [-0.15, -0.1) is 0 Å². The second-order valence-electron chi connectivity index (χ2n) is 4.74. The molecule has 0 unspecified atom stereocenters. The van der Waals surface area contributed by atoms with Gasteiger partial charge in [-0.2, -0.15) is 5.26 Å². The van der Waals surface area contributed by atoms with Crippen molar-refractivity contribution in [1.29, 1.82) is 10.7 Å². The Labute approximate surface area is 116 Å². The molecule has 0 aromatic heterocycles. The molecule has 0 bridgehead atoms. The Bertz CT molecular complexity index is 713. The molecule has 20 heavy (non-hydrogen) atoms. The fourth-order valence-corrected chi connectivity index (χ4v) is 2.41. The minimum absolute atomic E-state index is 0.313. The standard InChI is InChI=1S/C16H12FN3/c17-13-4-3-12-10-20(16(19)15(12)9-13)14-5-1-11(2-6-14)7-8-18/h1-6,9,19H,7,10H2. The summed E-state index contributed by atoms with van der Waals surface area (Å²) in [5, 5.41) is 16.8. The number of anilines is 1. The highest BCUT2D eigenvalue weighted by molar-refractivity contribution is 6.11. The molecular weight excluding hydrogens is 253 g/mol. The molecule has 3 rings (SSSR count). The molecule has 0 saturated carbocycles. The van der Waals surface area contributed by atoms with Gasteiger partial charge >= 0.3 is 0 Å². The lowest BCUT2D eigenvalue weighted by molar-refractivity contribution is 0.627. The molecule has 0 saturated heterocycles. The van der Waals surface area contributed by atoms with Crippen LogP contribution in [0.25, 0.3) is 0 Å². The molecule has 1 aliphatic rings. The summed E-state index contributed by atoms with van der Waals surface area (Å²) >= 11 is 0. The van der Waals surface area contributed by atoms with E-state index in [1.54, 1.807) is 6.07 Å². The Morgan fingerprint density at radius 3 is 2.65 bits per heavy atom. The zero-order chi connectivity index (χ0) is 14.1. The van der Waals surface area contributed by atoms with E-state index in [1.165, 1.54) is 12.1 Å². The van der Waals surface area contributed by atoms with Gasteiger partial charge in [0.2, 0.25) is 0 Å². The average Bonchev–Trinajstić information content (AvgIpc) is 2.77. The summed E-state index contributed by atoms with van der Waals surface area (Å²) in [6.45, 7) is 0.575. The summed E-state index contributed by atoms with van der Waals surface area (Å²) in [6.07, 6.45) is 0.378. The van der Waals surface area contributed by atoms with Gasteiger partial charge in [-0.1, -0.05) is 18.2 Å². The Kier molecular flexibility index (Phi) is 2.96. The van der Waals surface area contributed by atoms with E-state index in [0.717, 1.165) is 16.8 Å². The number of halogens is 1. The van der Waals surface area contributed by atoms with Crippen LogP contribution >= 0.6 is 0 Å². The first-order valence-electron chi connectivity index (χ1n) is 6.30. The first-order valence-corrected chi connectivity index (χ1v) is 6.30. The number of rotatable bonds is 2. The number of nitriles is 1. The van der Waals surface area contributed by atoms with Crippen LogP contribution in [0, 0.1) is 22.6 Å². The van der Waals surface area contributed by atoms with Crippen LogP contribution in [-0.2, 0) is 13.0 Å². The second kappa shape index (κ2) is 4.78. The minimum atomic E-state index is -0.320. The van der Waals surface area contributed by atoms with Crippen molar-refractivity contribution in [2.24, 2.45) is 0 Å². The van der Waals surface area contributed by atoms with Gasteiger partial charge in [0.15, 0.2) is 0 Å². The number of benzene rings is 2. The zero-order valence-electron chi connectivity index (χ0n) is 10.7. The van der Waals surface area contributed by atoms with Gasteiger partial charge in [-0.3, -0.25) is 5.41 Å². The maximum Gasteiger partial charge on any atom is 0.133 e. The van der Waals surface area contributed by atoms with Crippen LogP contribution in [0.4, 0.5) is 10.1 Å². The van der Waals surface area contributed by atoms with Crippen LogP contribution in [0.2, 0.25) is 0 Å². The molecule has 0 aliphatic carbocycles. The first kappa shape index (κ1) is 12.4. The average molecular weight is 265 g/mol. The van der Waals surface area contributed by atoms with E-state index in [9.17, 15) is 4.39 Å². The van der Waals surface area contributed by atoms with Crippen LogP contribution in [-0.4, -0.2) is 5.84 Å². The molecule has 4 heteroatoms. The van der Waals surface area contributed by atoms with Gasteiger partial charge in [-0.25, -0.2) is 4.39 Å². The van der Waals surface area contributed by atoms with Crippen molar-refractivity contribution in [3.05, 3.63) is 65.0 Å². The number of fused-ring (bicyclic) bond motifs is 1. The Morgan fingerprint density at radius 2 is 1.95 bits per heavy atom. The molecule has 1 aliphatic heterocycles. The smallest absolute Gasteiger partial charge is 0.133 e. The van der Waals surface area contributed by atoms with E-state index in [2.05, 4.69) is 6.07 Å².